The SMILES string of the molecule is c1ccc2c(c1)cc(-c1nc(-c3cccc4c3sc3ccccc34)nc(-c3cccc4ccc5ccccc5c34)n1)c1ccccc12. The number of fused-ring (bicyclic) bond motifs is 9. The minimum absolute atomic E-state index is 0.669. The van der Waals surface area contributed by atoms with E-state index in [0.717, 1.165) is 38.2 Å². The Balaban J connectivity index is 1.33. The molecule has 10 aromatic rings. The molecule has 8 aromatic carbocycles. The number of aromatic nitrogens is 3. The average molecular weight is 616 g/mol. The fourth-order valence-electron chi connectivity index (χ4n) is 7.15. The lowest BCUT2D eigenvalue weighted by Crippen LogP contribution is -2.01. The van der Waals surface area contributed by atoms with Crippen molar-refractivity contribution in [2.45, 2.75) is 0 Å². The van der Waals surface area contributed by atoms with Crippen molar-refractivity contribution in [1.29, 1.82) is 0 Å². The summed E-state index contributed by atoms with van der Waals surface area (Å²) in [6.07, 6.45) is 0. The molecule has 0 fully saturated rings. The van der Waals surface area contributed by atoms with Crippen LogP contribution in [0.5, 0.6) is 0 Å². The van der Waals surface area contributed by atoms with E-state index in [-0.39, 0.29) is 0 Å². The lowest BCUT2D eigenvalue weighted by Gasteiger charge is -2.14. The second-order valence-corrected chi connectivity index (χ2v) is 13.0. The number of benzene rings is 8. The van der Waals surface area contributed by atoms with Crippen LogP contribution in [-0.2, 0) is 0 Å². The number of hydrogen-bond donors (Lipinski definition) is 0. The summed E-state index contributed by atoms with van der Waals surface area (Å²) in [6, 6.07) is 53.8. The number of rotatable bonds is 3. The van der Waals surface area contributed by atoms with E-state index < -0.39 is 0 Å². The summed E-state index contributed by atoms with van der Waals surface area (Å²) in [5.41, 5.74) is 3.01. The Bertz CT molecular complexity index is 2840. The van der Waals surface area contributed by atoms with Gasteiger partial charge in [-0.2, -0.15) is 0 Å². The highest BCUT2D eigenvalue weighted by Gasteiger charge is 2.20. The minimum atomic E-state index is 0.669. The maximum absolute atomic E-state index is 5.32. The van der Waals surface area contributed by atoms with Crippen molar-refractivity contribution in [1.82, 2.24) is 15.0 Å². The topological polar surface area (TPSA) is 38.7 Å². The Hall–Kier alpha value is -5.97. The van der Waals surface area contributed by atoms with Crippen LogP contribution in [0.2, 0.25) is 0 Å². The first kappa shape index (κ1) is 26.3. The predicted octanol–water partition coefficient (Wildman–Crippen LogP) is 11.9. The largest absolute Gasteiger partial charge is 0.208 e. The molecule has 10 rings (SSSR count). The fourth-order valence-corrected chi connectivity index (χ4v) is 8.36. The van der Waals surface area contributed by atoms with E-state index in [9.17, 15) is 0 Å². The Labute approximate surface area is 274 Å². The van der Waals surface area contributed by atoms with Gasteiger partial charge in [-0.05, 0) is 55.9 Å². The second-order valence-electron chi connectivity index (χ2n) is 12.0. The molecule has 0 saturated carbocycles. The molecule has 0 amide bonds. The van der Waals surface area contributed by atoms with Crippen LogP contribution in [0.4, 0.5) is 0 Å². The van der Waals surface area contributed by atoms with Crippen LogP contribution < -0.4 is 0 Å². The minimum Gasteiger partial charge on any atom is -0.208 e. The summed E-state index contributed by atoms with van der Waals surface area (Å²) < 4.78 is 2.44. The Morgan fingerprint density at radius 1 is 0.340 bits per heavy atom. The standard InChI is InChI=1S/C43H25N3S/c1-4-15-30-26(11-1)23-24-27-13-9-20-35(39(27)30)41-44-42(36-21-10-19-34-33-18-7-8-22-38(33)47-40(34)36)46-43(45-41)37-25-28-12-2-3-14-29(28)31-16-5-6-17-32(31)37/h1-25H. The molecule has 0 bridgehead atoms. The molecule has 0 spiro atoms. The van der Waals surface area contributed by atoms with Crippen LogP contribution in [-0.4, -0.2) is 15.0 Å². The van der Waals surface area contributed by atoms with Crippen molar-refractivity contribution < 1.29 is 0 Å². The van der Waals surface area contributed by atoms with Gasteiger partial charge >= 0.3 is 0 Å². The molecule has 0 atom stereocenters. The van der Waals surface area contributed by atoms with Gasteiger partial charge in [-0.3, -0.25) is 0 Å². The van der Waals surface area contributed by atoms with Gasteiger partial charge in [0, 0.05) is 42.2 Å². The lowest BCUT2D eigenvalue weighted by atomic mass is 9.96. The molecule has 4 heteroatoms. The van der Waals surface area contributed by atoms with Crippen LogP contribution in [0.15, 0.2) is 152 Å². The molecule has 0 aliphatic carbocycles. The molecule has 2 heterocycles. The van der Waals surface area contributed by atoms with E-state index in [1.165, 1.54) is 41.7 Å². The zero-order valence-corrected chi connectivity index (χ0v) is 26.0. The van der Waals surface area contributed by atoms with E-state index in [1.54, 1.807) is 11.3 Å². The maximum atomic E-state index is 5.32. The van der Waals surface area contributed by atoms with Crippen molar-refractivity contribution in [3.63, 3.8) is 0 Å². The van der Waals surface area contributed by atoms with Gasteiger partial charge in [-0.15, -0.1) is 11.3 Å². The summed E-state index contributed by atoms with van der Waals surface area (Å²) in [4.78, 5) is 15.9. The summed E-state index contributed by atoms with van der Waals surface area (Å²) in [5, 5.41) is 11.9. The Morgan fingerprint density at radius 3 is 1.74 bits per heavy atom. The highest BCUT2D eigenvalue weighted by Crippen LogP contribution is 2.41. The Kier molecular flexibility index (Phi) is 5.74. The first-order valence-electron chi connectivity index (χ1n) is 15.8. The van der Waals surface area contributed by atoms with Gasteiger partial charge in [-0.25, -0.2) is 15.0 Å². The molecule has 218 valence electrons. The van der Waals surface area contributed by atoms with Crippen LogP contribution in [0.3, 0.4) is 0 Å². The smallest absolute Gasteiger partial charge is 0.165 e. The van der Waals surface area contributed by atoms with Gasteiger partial charge in [0.1, 0.15) is 0 Å². The van der Waals surface area contributed by atoms with E-state index >= 15 is 0 Å². The summed E-state index contributed by atoms with van der Waals surface area (Å²) in [5.74, 6) is 2.02. The third kappa shape index (κ3) is 4.09. The van der Waals surface area contributed by atoms with E-state index in [0.29, 0.717) is 17.5 Å². The van der Waals surface area contributed by atoms with Gasteiger partial charge in [0.25, 0.3) is 0 Å². The molecule has 0 N–H and O–H groups in total. The van der Waals surface area contributed by atoms with Crippen LogP contribution in [0.1, 0.15) is 0 Å². The summed E-state index contributed by atoms with van der Waals surface area (Å²) >= 11 is 1.79. The zero-order chi connectivity index (χ0) is 30.9. The first-order chi connectivity index (χ1) is 23.3. The lowest BCUT2D eigenvalue weighted by molar-refractivity contribution is 1.08. The quantitative estimate of drug-likeness (QED) is 0.186. The van der Waals surface area contributed by atoms with Crippen molar-refractivity contribution in [2.24, 2.45) is 0 Å². The van der Waals surface area contributed by atoms with Gasteiger partial charge < -0.3 is 0 Å². The molecule has 47 heavy (non-hydrogen) atoms. The first-order valence-corrected chi connectivity index (χ1v) is 16.6. The zero-order valence-electron chi connectivity index (χ0n) is 25.2. The molecule has 0 aliphatic rings. The van der Waals surface area contributed by atoms with Gasteiger partial charge in [0.05, 0.1) is 0 Å². The molecular formula is C43H25N3S. The highest BCUT2D eigenvalue weighted by molar-refractivity contribution is 7.26. The predicted molar refractivity (Wildman–Crippen MR) is 199 cm³/mol. The van der Waals surface area contributed by atoms with Gasteiger partial charge in [-0.1, -0.05) is 133 Å². The fraction of sp³-hybridized carbons (Fsp3) is 0. The number of nitrogens with zero attached hydrogens (tertiary/aromatic N) is 3. The third-order valence-electron chi connectivity index (χ3n) is 9.30. The van der Waals surface area contributed by atoms with Gasteiger partial charge in [0.2, 0.25) is 0 Å². The van der Waals surface area contributed by atoms with Crippen LogP contribution in [0.25, 0.3) is 97.4 Å². The molecule has 0 aliphatic heterocycles. The van der Waals surface area contributed by atoms with Crippen LogP contribution >= 0.6 is 11.3 Å². The van der Waals surface area contributed by atoms with Crippen molar-refractivity contribution in [3.8, 4) is 34.2 Å². The van der Waals surface area contributed by atoms with E-state index in [4.69, 9.17) is 15.0 Å². The van der Waals surface area contributed by atoms with E-state index in [1.807, 2.05) is 0 Å². The van der Waals surface area contributed by atoms with Gasteiger partial charge in [0.15, 0.2) is 17.5 Å². The molecule has 0 unspecified atom stereocenters. The molecule has 2 aromatic heterocycles. The monoisotopic (exact) mass is 615 g/mol. The van der Waals surface area contributed by atoms with E-state index in [2.05, 4.69) is 152 Å². The maximum Gasteiger partial charge on any atom is 0.165 e. The second kappa shape index (κ2) is 10.3. The van der Waals surface area contributed by atoms with Crippen molar-refractivity contribution in [2.75, 3.05) is 0 Å². The van der Waals surface area contributed by atoms with Crippen LogP contribution in [0, 0.1) is 0 Å². The Morgan fingerprint density at radius 2 is 0.894 bits per heavy atom. The summed E-state index contributed by atoms with van der Waals surface area (Å²) in [6.45, 7) is 0. The summed E-state index contributed by atoms with van der Waals surface area (Å²) in [7, 11) is 0. The normalized spacial score (nSPS) is 11.8. The third-order valence-corrected chi connectivity index (χ3v) is 10.5. The highest BCUT2D eigenvalue weighted by atomic mass is 32.1. The van der Waals surface area contributed by atoms with Crippen molar-refractivity contribution in [3.05, 3.63) is 152 Å². The number of hydrogen-bond acceptors (Lipinski definition) is 4. The van der Waals surface area contributed by atoms with Crippen molar-refractivity contribution >= 4 is 74.6 Å². The average Bonchev–Trinajstić information content (AvgIpc) is 3.53. The molecule has 0 saturated heterocycles. The molecular weight excluding hydrogens is 591 g/mol. The molecule has 3 nitrogen and oxygen atoms in total. The number of thiophene rings is 1. The molecule has 0 radical (unpaired) electrons.